The Morgan fingerprint density at radius 2 is 1.62 bits per heavy atom. The molecule has 0 bridgehead atoms. The lowest BCUT2D eigenvalue weighted by atomic mass is 10.1. The highest BCUT2D eigenvalue weighted by atomic mass is 32.2. The molecule has 7 nitrogen and oxygen atoms in total. The Balaban J connectivity index is 2.07. The molecule has 0 aliphatic rings. The second-order valence-corrected chi connectivity index (χ2v) is 11.2. The van der Waals surface area contributed by atoms with Gasteiger partial charge in [-0.15, -0.1) is 0 Å². The molecule has 2 aromatic rings. The van der Waals surface area contributed by atoms with E-state index in [9.17, 15) is 21.6 Å². The first-order chi connectivity index (χ1) is 13.5. The summed E-state index contributed by atoms with van der Waals surface area (Å²) < 4.78 is 50.7. The molecule has 2 aromatic carbocycles. The molecule has 0 spiro atoms. The molecule has 1 amide bonds. The van der Waals surface area contributed by atoms with Crippen molar-refractivity contribution in [1.29, 1.82) is 0 Å². The summed E-state index contributed by atoms with van der Waals surface area (Å²) in [5, 5.41) is 2.67. The SMILES string of the molecule is Cc1cc(C(=O)NCCCS(=O)(=O)c2ccccc2)cc(S(=O)(=O)N(C)C)c1C. The van der Waals surface area contributed by atoms with Crippen molar-refractivity contribution in [3.05, 3.63) is 59.2 Å². The number of aryl methyl sites for hydroxylation is 1. The molecule has 0 heterocycles. The number of sulfonamides is 1. The molecule has 0 aromatic heterocycles. The Labute approximate surface area is 172 Å². The normalized spacial score (nSPS) is 12.2. The van der Waals surface area contributed by atoms with E-state index in [1.54, 1.807) is 38.1 Å². The van der Waals surface area contributed by atoms with Crippen LogP contribution >= 0.6 is 0 Å². The zero-order chi connectivity index (χ0) is 21.8. The molecular weight excluding hydrogens is 412 g/mol. The van der Waals surface area contributed by atoms with E-state index in [4.69, 9.17) is 0 Å². The summed E-state index contributed by atoms with van der Waals surface area (Å²) in [7, 11) is -4.23. The second kappa shape index (κ2) is 9.06. The number of hydrogen-bond donors (Lipinski definition) is 1. The molecule has 1 N–H and O–H groups in total. The summed E-state index contributed by atoms with van der Waals surface area (Å²) in [6, 6.07) is 11.1. The predicted molar refractivity (Wildman–Crippen MR) is 112 cm³/mol. The van der Waals surface area contributed by atoms with Crippen LogP contribution in [0.15, 0.2) is 52.3 Å². The zero-order valence-corrected chi connectivity index (χ0v) is 18.6. The highest BCUT2D eigenvalue weighted by Crippen LogP contribution is 2.23. The monoisotopic (exact) mass is 438 g/mol. The fraction of sp³-hybridized carbons (Fsp3) is 0.350. The van der Waals surface area contributed by atoms with Gasteiger partial charge in [0.15, 0.2) is 9.84 Å². The van der Waals surface area contributed by atoms with E-state index in [-0.39, 0.29) is 34.1 Å². The van der Waals surface area contributed by atoms with Crippen LogP contribution in [0.5, 0.6) is 0 Å². The third kappa shape index (κ3) is 5.43. The van der Waals surface area contributed by atoms with Crippen LogP contribution in [-0.4, -0.2) is 53.4 Å². The number of amides is 1. The van der Waals surface area contributed by atoms with Crippen LogP contribution in [0.4, 0.5) is 0 Å². The topological polar surface area (TPSA) is 101 Å². The minimum Gasteiger partial charge on any atom is -0.352 e. The number of rotatable bonds is 8. The van der Waals surface area contributed by atoms with E-state index in [0.717, 1.165) is 4.31 Å². The predicted octanol–water partition coefficient (Wildman–Crippen LogP) is 2.15. The molecule has 0 fully saturated rings. The Bertz CT molecular complexity index is 1090. The number of carbonyl (C=O) groups is 1. The molecule has 29 heavy (non-hydrogen) atoms. The van der Waals surface area contributed by atoms with Crippen molar-refractivity contribution < 1.29 is 21.6 Å². The first kappa shape index (κ1) is 23.1. The largest absolute Gasteiger partial charge is 0.352 e. The van der Waals surface area contributed by atoms with Gasteiger partial charge in [-0.05, 0) is 55.7 Å². The molecule has 9 heteroatoms. The zero-order valence-electron chi connectivity index (χ0n) is 17.0. The molecule has 0 saturated heterocycles. The van der Waals surface area contributed by atoms with Crippen LogP contribution in [0, 0.1) is 13.8 Å². The Morgan fingerprint density at radius 3 is 2.21 bits per heavy atom. The fourth-order valence-electron chi connectivity index (χ4n) is 2.73. The minimum atomic E-state index is -3.69. The number of sulfone groups is 1. The molecule has 0 aliphatic heterocycles. The lowest BCUT2D eigenvalue weighted by Gasteiger charge is -2.16. The number of hydrogen-bond acceptors (Lipinski definition) is 5. The minimum absolute atomic E-state index is 0.0827. The third-order valence-electron chi connectivity index (χ3n) is 4.62. The lowest BCUT2D eigenvalue weighted by Crippen LogP contribution is -2.27. The summed E-state index contributed by atoms with van der Waals surface area (Å²) in [5.74, 6) is -0.537. The van der Waals surface area contributed by atoms with Gasteiger partial charge in [-0.2, -0.15) is 0 Å². The Kier molecular flexibility index (Phi) is 7.20. The molecule has 0 radical (unpaired) electrons. The molecule has 158 valence electrons. The average Bonchev–Trinajstić information content (AvgIpc) is 2.67. The second-order valence-electron chi connectivity index (χ2n) is 6.95. The van der Waals surface area contributed by atoms with Crippen LogP contribution in [0.2, 0.25) is 0 Å². The van der Waals surface area contributed by atoms with E-state index >= 15 is 0 Å². The number of nitrogens with one attached hydrogen (secondary N) is 1. The molecule has 2 rings (SSSR count). The smallest absolute Gasteiger partial charge is 0.251 e. The summed E-state index contributed by atoms with van der Waals surface area (Å²) in [6.45, 7) is 3.60. The van der Waals surface area contributed by atoms with Crippen LogP contribution in [0.3, 0.4) is 0 Å². The van der Waals surface area contributed by atoms with Crippen molar-refractivity contribution in [1.82, 2.24) is 9.62 Å². The molecule has 0 atom stereocenters. The van der Waals surface area contributed by atoms with Gasteiger partial charge in [0.05, 0.1) is 15.5 Å². The highest BCUT2D eigenvalue weighted by molar-refractivity contribution is 7.91. The van der Waals surface area contributed by atoms with E-state index < -0.39 is 25.8 Å². The molecule has 0 aliphatic carbocycles. The number of nitrogens with zero attached hydrogens (tertiary/aromatic N) is 1. The van der Waals surface area contributed by atoms with Crippen molar-refractivity contribution >= 4 is 25.8 Å². The average molecular weight is 439 g/mol. The van der Waals surface area contributed by atoms with E-state index in [2.05, 4.69) is 5.32 Å². The van der Waals surface area contributed by atoms with Crippen molar-refractivity contribution in [2.75, 3.05) is 26.4 Å². The number of carbonyl (C=O) groups excluding carboxylic acids is 1. The van der Waals surface area contributed by atoms with Gasteiger partial charge in [-0.1, -0.05) is 18.2 Å². The van der Waals surface area contributed by atoms with Crippen molar-refractivity contribution in [2.24, 2.45) is 0 Å². The lowest BCUT2D eigenvalue weighted by molar-refractivity contribution is 0.0953. The first-order valence-electron chi connectivity index (χ1n) is 9.06. The van der Waals surface area contributed by atoms with Gasteiger partial charge in [0, 0.05) is 26.2 Å². The van der Waals surface area contributed by atoms with Gasteiger partial charge in [0.25, 0.3) is 5.91 Å². The maximum Gasteiger partial charge on any atom is 0.251 e. The van der Waals surface area contributed by atoms with Gasteiger partial charge >= 0.3 is 0 Å². The quantitative estimate of drug-likeness (QED) is 0.637. The van der Waals surface area contributed by atoms with Gasteiger partial charge in [0.1, 0.15) is 0 Å². The fourth-order valence-corrected chi connectivity index (χ4v) is 5.28. The van der Waals surface area contributed by atoms with Gasteiger partial charge in [-0.25, -0.2) is 21.1 Å². The van der Waals surface area contributed by atoms with Crippen molar-refractivity contribution in [3.63, 3.8) is 0 Å². The van der Waals surface area contributed by atoms with Crippen molar-refractivity contribution in [2.45, 2.75) is 30.1 Å². The molecule has 0 saturated carbocycles. The summed E-state index contributed by atoms with van der Waals surface area (Å²) >= 11 is 0. The standard InChI is InChI=1S/C20H26N2O5S2/c1-15-13-17(14-19(16(15)2)29(26,27)22(3)4)20(23)21-11-8-12-28(24,25)18-9-6-5-7-10-18/h5-7,9-10,13-14H,8,11-12H2,1-4H3,(H,21,23). The van der Waals surface area contributed by atoms with Gasteiger partial charge in [0.2, 0.25) is 10.0 Å². The highest BCUT2D eigenvalue weighted by Gasteiger charge is 2.23. The van der Waals surface area contributed by atoms with E-state index in [1.807, 2.05) is 0 Å². The summed E-state index contributed by atoms with van der Waals surface area (Å²) in [5.41, 5.74) is 1.49. The van der Waals surface area contributed by atoms with Gasteiger partial charge in [-0.3, -0.25) is 4.79 Å². The van der Waals surface area contributed by atoms with E-state index in [0.29, 0.717) is 11.1 Å². The third-order valence-corrected chi connectivity index (χ3v) is 8.38. The Morgan fingerprint density at radius 1 is 1.00 bits per heavy atom. The van der Waals surface area contributed by atoms with E-state index in [1.165, 1.54) is 32.3 Å². The van der Waals surface area contributed by atoms with Crippen LogP contribution in [-0.2, 0) is 19.9 Å². The number of benzene rings is 2. The summed E-state index contributed by atoms with van der Waals surface area (Å²) in [4.78, 5) is 12.8. The first-order valence-corrected chi connectivity index (χ1v) is 12.2. The maximum atomic E-state index is 12.5. The van der Waals surface area contributed by atoms with Crippen LogP contribution in [0.1, 0.15) is 27.9 Å². The van der Waals surface area contributed by atoms with Crippen molar-refractivity contribution in [3.8, 4) is 0 Å². The maximum absolute atomic E-state index is 12.5. The molecular formula is C20H26N2O5S2. The van der Waals surface area contributed by atoms with Crippen LogP contribution in [0.25, 0.3) is 0 Å². The Hall–Kier alpha value is -2.23. The molecule has 0 unspecified atom stereocenters. The summed E-state index contributed by atoms with van der Waals surface area (Å²) in [6.07, 6.45) is 0.247. The van der Waals surface area contributed by atoms with Gasteiger partial charge < -0.3 is 5.32 Å². The van der Waals surface area contributed by atoms with Crippen LogP contribution < -0.4 is 5.32 Å².